The van der Waals surface area contributed by atoms with Gasteiger partial charge in [0, 0.05) is 16.1 Å². The second kappa shape index (κ2) is 5.12. The molecule has 0 saturated carbocycles. The van der Waals surface area contributed by atoms with Crippen LogP contribution < -0.4 is 4.74 Å². The van der Waals surface area contributed by atoms with Crippen LogP contribution in [-0.4, -0.2) is 11.7 Å². The van der Waals surface area contributed by atoms with E-state index in [1.165, 1.54) is 0 Å². The minimum absolute atomic E-state index is 0.561. The number of hydrogen-bond donors (Lipinski definition) is 1. The first kappa shape index (κ1) is 13.5. The fraction of sp³-hybridized carbons (Fsp3) is 0.294. The van der Waals surface area contributed by atoms with Crippen LogP contribution >= 0.6 is 11.6 Å². The molecule has 104 valence electrons. The number of fused-ring (bicyclic) bond motifs is 1. The molecule has 0 bridgehead atoms. The van der Waals surface area contributed by atoms with E-state index in [0.29, 0.717) is 17.2 Å². The lowest BCUT2D eigenvalue weighted by molar-refractivity contribution is 0.0969. The first-order valence-electron chi connectivity index (χ1n) is 6.83. The molecule has 1 aliphatic heterocycles. The van der Waals surface area contributed by atoms with Crippen molar-refractivity contribution in [3.63, 3.8) is 0 Å². The summed E-state index contributed by atoms with van der Waals surface area (Å²) in [4.78, 5) is 0. The molecular formula is C17H17ClO2. The third-order valence-electron chi connectivity index (χ3n) is 3.86. The van der Waals surface area contributed by atoms with Crippen LogP contribution in [0, 0.1) is 0 Å². The fourth-order valence-electron chi connectivity index (χ4n) is 2.77. The summed E-state index contributed by atoms with van der Waals surface area (Å²) in [6.07, 6.45) is 2.01. The minimum Gasteiger partial charge on any atom is -0.493 e. The molecule has 1 atom stereocenters. The number of benzene rings is 2. The van der Waals surface area contributed by atoms with Crippen LogP contribution in [0.3, 0.4) is 0 Å². The Kier molecular flexibility index (Phi) is 3.45. The molecule has 1 unspecified atom stereocenters. The van der Waals surface area contributed by atoms with E-state index in [1.54, 1.807) is 13.0 Å². The van der Waals surface area contributed by atoms with E-state index in [2.05, 4.69) is 6.07 Å². The maximum atomic E-state index is 11.0. The van der Waals surface area contributed by atoms with E-state index in [0.717, 1.165) is 29.7 Å². The zero-order valence-corrected chi connectivity index (χ0v) is 12.2. The third-order valence-corrected chi connectivity index (χ3v) is 4.19. The highest BCUT2D eigenvalue weighted by Crippen LogP contribution is 2.41. The summed E-state index contributed by atoms with van der Waals surface area (Å²) in [5.41, 5.74) is 1.47. The Balaban J connectivity index is 2.15. The molecule has 1 aliphatic rings. The highest BCUT2D eigenvalue weighted by atomic mass is 35.5. The molecule has 1 heterocycles. The van der Waals surface area contributed by atoms with E-state index in [1.807, 2.05) is 30.3 Å². The molecule has 2 aromatic rings. The third kappa shape index (κ3) is 2.19. The van der Waals surface area contributed by atoms with Gasteiger partial charge >= 0.3 is 0 Å². The van der Waals surface area contributed by atoms with Crippen LogP contribution in [0.1, 0.15) is 30.0 Å². The van der Waals surface area contributed by atoms with Crippen molar-refractivity contribution in [3.8, 4) is 5.75 Å². The number of aliphatic hydroxyl groups is 1. The molecule has 3 rings (SSSR count). The van der Waals surface area contributed by atoms with Crippen LogP contribution in [0.25, 0.3) is 0 Å². The first-order chi connectivity index (χ1) is 9.60. The largest absolute Gasteiger partial charge is 0.493 e. The van der Waals surface area contributed by atoms with Crippen LogP contribution in [0.4, 0.5) is 0 Å². The molecule has 0 saturated heterocycles. The van der Waals surface area contributed by atoms with Gasteiger partial charge in [0.2, 0.25) is 0 Å². The van der Waals surface area contributed by atoms with Gasteiger partial charge in [-0.3, -0.25) is 0 Å². The summed E-state index contributed by atoms with van der Waals surface area (Å²) in [6.45, 7) is 2.46. The van der Waals surface area contributed by atoms with Crippen LogP contribution in [0.2, 0.25) is 5.02 Å². The molecule has 0 spiro atoms. The molecule has 1 N–H and O–H groups in total. The number of rotatable bonds is 2. The summed E-state index contributed by atoms with van der Waals surface area (Å²) < 4.78 is 5.80. The SMILES string of the molecule is CC(O)(c1ccccc1Cl)c1cccc2c1OCCC2. The molecular weight excluding hydrogens is 272 g/mol. The second-order valence-electron chi connectivity index (χ2n) is 5.30. The molecule has 20 heavy (non-hydrogen) atoms. The lowest BCUT2D eigenvalue weighted by atomic mass is 9.85. The molecule has 0 radical (unpaired) electrons. The van der Waals surface area contributed by atoms with E-state index < -0.39 is 5.60 Å². The summed E-state index contributed by atoms with van der Waals surface area (Å²) in [5, 5.41) is 11.6. The van der Waals surface area contributed by atoms with Crippen molar-refractivity contribution in [1.29, 1.82) is 0 Å². The molecule has 0 aliphatic carbocycles. The highest BCUT2D eigenvalue weighted by molar-refractivity contribution is 6.31. The number of hydrogen-bond acceptors (Lipinski definition) is 2. The Bertz CT molecular complexity index is 635. The van der Waals surface area contributed by atoms with Crippen LogP contribution in [0.15, 0.2) is 42.5 Å². The highest BCUT2D eigenvalue weighted by Gasteiger charge is 2.32. The van der Waals surface area contributed by atoms with Gasteiger partial charge in [-0.15, -0.1) is 0 Å². The van der Waals surface area contributed by atoms with Gasteiger partial charge in [0.25, 0.3) is 0 Å². The fourth-order valence-corrected chi connectivity index (χ4v) is 3.09. The van der Waals surface area contributed by atoms with Gasteiger partial charge < -0.3 is 9.84 Å². The van der Waals surface area contributed by atoms with E-state index >= 15 is 0 Å². The van der Waals surface area contributed by atoms with Gasteiger partial charge in [-0.05, 0) is 31.4 Å². The van der Waals surface area contributed by atoms with Gasteiger partial charge in [0.05, 0.1) is 6.61 Å². The number of halogens is 1. The van der Waals surface area contributed by atoms with Crippen LogP contribution in [-0.2, 0) is 12.0 Å². The van der Waals surface area contributed by atoms with Crippen LogP contribution in [0.5, 0.6) is 5.75 Å². The Labute approximate surface area is 124 Å². The Morgan fingerprint density at radius 3 is 2.65 bits per heavy atom. The maximum Gasteiger partial charge on any atom is 0.128 e. The van der Waals surface area contributed by atoms with E-state index in [4.69, 9.17) is 16.3 Å². The monoisotopic (exact) mass is 288 g/mol. The van der Waals surface area contributed by atoms with E-state index in [-0.39, 0.29) is 0 Å². The minimum atomic E-state index is -1.17. The normalized spacial score (nSPS) is 16.9. The lowest BCUT2D eigenvalue weighted by Crippen LogP contribution is -2.25. The van der Waals surface area contributed by atoms with Gasteiger partial charge in [0.1, 0.15) is 11.4 Å². The smallest absolute Gasteiger partial charge is 0.128 e. The summed E-state index contributed by atoms with van der Waals surface area (Å²) in [7, 11) is 0. The molecule has 0 amide bonds. The van der Waals surface area contributed by atoms with E-state index in [9.17, 15) is 5.11 Å². The first-order valence-corrected chi connectivity index (χ1v) is 7.21. The average molecular weight is 289 g/mol. The molecule has 2 aromatic carbocycles. The standard InChI is InChI=1S/C17H17ClO2/c1-17(19,13-8-2-3-10-15(13)18)14-9-4-6-12-7-5-11-20-16(12)14/h2-4,6,8-10,19H,5,7,11H2,1H3. The van der Waals surface area contributed by atoms with Crippen molar-refractivity contribution in [2.45, 2.75) is 25.4 Å². The summed E-state index contributed by atoms with van der Waals surface area (Å²) in [6, 6.07) is 13.3. The summed E-state index contributed by atoms with van der Waals surface area (Å²) >= 11 is 6.24. The second-order valence-corrected chi connectivity index (χ2v) is 5.71. The molecule has 2 nitrogen and oxygen atoms in total. The predicted octanol–water partition coefficient (Wildman–Crippen LogP) is 3.92. The molecule has 0 aromatic heterocycles. The van der Waals surface area contributed by atoms with Crippen molar-refractivity contribution in [2.75, 3.05) is 6.61 Å². The van der Waals surface area contributed by atoms with Gasteiger partial charge in [-0.25, -0.2) is 0 Å². The number of ether oxygens (including phenoxy) is 1. The molecule has 3 heteroatoms. The van der Waals surface area contributed by atoms with Crippen molar-refractivity contribution in [2.24, 2.45) is 0 Å². The number of para-hydroxylation sites is 1. The number of aryl methyl sites for hydroxylation is 1. The molecule has 0 fully saturated rings. The zero-order valence-electron chi connectivity index (χ0n) is 11.4. The zero-order chi connectivity index (χ0) is 14.2. The van der Waals surface area contributed by atoms with Gasteiger partial charge in [0.15, 0.2) is 0 Å². The predicted molar refractivity (Wildman–Crippen MR) is 80.4 cm³/mol. The van der Waals surface area contributed by atoms with Gasteiger partial charge in [-0.1, -0.05) is 48.0 Å². The lowest BCUT2D eigenvalue weighted by Gasteiger charge is -2.30. The Morgan fingerprint density at radius 2 is 1.85 bits per heavy atom. The van der Waals surface area contributed by atoms with Crippen molar-refractivity contribution < 1.29 is 9.84 Å². The quantitative estimate of drug-likeness (QED) is 0.907. The van der Waals surface area contributed by atoms with Crippen molar-refractivity contribution in [1.82, 2.24) is 0 Å². The van der Waals surface area contributed by atoms with Crippen molar-refractivity contribution in [3.05, 3.63) is 64.2 Å². The Morgan fingerprint density at radius 1 is 1.10 bits per heavy atom. The van der Waals surface area contributed by atoms with Gasteiger partial charge in [-0.2, -0.15) is 0 Å². The topological polar surface area (TPSA) is 29.5 Å². The maximum absolute atomic E-state index is 11.0. The average Bonchev–Trinajstić information content (AvgIpc) is 2.47. The Hall–Kier alpha value is -1.51. The van der Waals surface area contributed by atoms with Crippen molar-refractivity contribution >= 4 is 11.6 Å². The summed E-state index contributed by atoms with van der Waals surface area (Å²) in [5.74, 6) is 0.809.